The van der Waals surface area contributed by atoms with E-state index >= 15 is 0 Å². The molecular weight excluding hydrogens is 394 g/mol. The highest BCUT2D eigenvalue weighted by atomic mass is 32.2. The van der Waals surface area contributed by atoms with E-state index in [1.165, 1.54) is 10.4 Å². The number of hydrogen-bond donors (Lipinski definition) is 0. The third-order valence-electron chi connectivity index (χ3n) is 3.91. The van der Waals surface area contributed by atoms with Gasteiger partial charge >= 0.3 is 5.97 Å². The summed E-state index contributed by atoms with van der Waals surface area (Å²) in [6.07, 6.45) is 0. The zero-order valence-corrected chi connectivity index (χ0v) is 16.7. The van der Waals surface area contributed by atoms with E-state index in [1.807, 2.05) is 6.07 Å². The first-order valence-corrected chi connectivity index (χ1v) is 11.5. The normalized spacial score (nSPS) is 15.6. The SMILES string of the molecule is COc1cccc(COC(=O)c2sccc2S(=O)(=O)N2CCSCC2)c1. The van der Waals surface area contributed by atoms with Gasteiger partial charge in [0, 0.05) is 24.6 Å². The van der Waals surface area contributed by atoms with Crippen molar-refractivity contribution in [3.63, 3.8) is 0 Å². The van der Waals surface area contributed by atoms with Gasteiger partial charge in [-0.2, -0.15) is 16.1 Å². The van der Waals surface area contributed by atoms with Gasteiger partial charge in [0.05, 0.1) is 7.11 Å². The molecule has 2 aromatic rings. The fourth-order valence-corrected chi connectivity index (χ4v) is 6.41. The van der Waals surface area contributed by atoms with Gasteiger partial charge in [-0.3, -0.25) is 0 Å². The Morgan fingerprint density at radius 3 is 2.73 bits per heavy atom. The lowest BCUT2D eigenvalue weighted by Crippen LogP contribution is -2.38. The number of carbonyl (C=O) groups excluding carboxylic acids is 1. The molecule has 3 rings (SSSR count). The predicted molar refractivity (Wildman–Crippen MR) is 103 cm³/mol. The second-order valence-corrected chi connectivity index (χ2v) is 9.61. The number of methoxy groups -OCH3 is 1. The first-order chi connectivity index (χ1) is 12.5. The van der Waals surface area contributed by atoms with Crippen molar-refractivity contribution in [2.24, 2.45) is 0 Å². The Labute approximate surface area is 161 Å². The minimum absolute atomic E-state index is 0.0324. The summed E-state index contributed by atoms with van der Waals surface area (Å²) < 4.78 is 37.6. The fourth-order valence-electron chi connectivity index (χ4n) is 2.55. The Kier molecular flexibility index (Phi) is 6.23. The van der Waals surface area contributed by atoms with Crippen LogP contribution < -0.4 is 4.74 Å². The molecule has 1 aliphatic rings. The Hall–Kier alpha value is -1.55. The highest BCUT2D eigenvalue weighted by molar-refractivity contribution is 7.99. The topological polar surface area (TPSA) is 72.9 Å². The van der Waals surface area contributed by atoms with E-state index in [4.69, 9.17) is 9.47 Å². The second kappa shape index (κ2) is 8.43. The smallest absolute Gasteiger partial charge is 0.350 e. The van der Waals surface area contributed by atoms with Crippen LogP contribution >= 0.6 is 23.1 Å². The first kappa shape index (κ1) is 19.2. The summed E-state index contributed by atoms with van der Waals surface area (Å²) in [7, 11) is -2.12. The van der Waals surface area contributed by atoms with Crippen molar-refractivity contribution in [2.75, 3.05) is 31.7 Å². The molecule has 1 aliphatic heterocycles. The van der Waals surface area contributed by atoms with Crippen molar-refractivity contribution in [3.05, 3.63) is 46.2 Å². The van der Waals surface area contributed by atoms with Crippen LogP contribution in [0.15, 0.2) is 40.6 Å². The summed E-state index contributed by atoms with van der Waals surface area (Å²) >= 11 is 2.81. The van der Waals surface area contributed by atoms with E-state index in [0.717, 1.165) is 28.4 Å². The van der Waals surface area contributed by atoms with Crippen molar-refractivity contribution in [2.45, 2.75) is 11.5 Å². The number of benzene rings is 1. The van der Waals surface area contributed by atoms with Gasteiger partial charge in [0.15, 0.2) is 0 Å². The lowest BCUT2D eigenvalue weighted by atomic mass is 10.2. The Morgan fingerprint density at radius 2 is 2.00 bits per heavy atom. The van der Waals surface area contributed by atoms with E-state index in [9.17, 15) is 13.2 Å². The number of carbonyl (C=O) groups is 1. The predicted octanol–water partition coefficient (Wildman–Crippen LogP) is 2.85. The molecule has 0 spiro atoms. The standard InChI is InChI=1S/C17H19NO5S3/c1-22-14-4-2-3-13(11-14)12-23-17(19)16-15(5-8-25-16)26(20,21)18-6-9-24-10-7-18/h2-5,8,11H,6-7,9-10,12H2,1H3. The molecule has 140 valence electrons. The van der Waals surface area contributed by atoms with Gasteiger partial charge in [0.2, 0.25) is 10.0 Å². The van der Waals surface area contributed by atoms with E-state index in [-0.39, 0.29) is 16.4 Å². The lowest BCUT2D eigenvalue weighted by molar-refractivity contribution is 0.0474. The number of sulfonamides is 1. The van der Waals surface area contributed by atoms with Gasteiger partial charge in [-0.25, -0.2) is 13.2 Å². The molecule has 0 N–H and O–H groups in total. The Morgan fingerprint density at radius 1 is 1.23 bits per heavy atom. The molecule has 6 nitrogen and oxygen atoms in total. The van der Waals surface area contributed by atoms with Crippen LogP contribution in [0.2, 0.25) is 0 Å². The molecule has 1 aromatic carbocycles. The van der Waals surface area contributed by atoms with Crippen LogP contribution in [0.25, 0.3) is 0 Å². The number of nitrogens with zero attached hydrogens (tertiary/aromatic N) is 1. The van der Waals surface area contributed by atoms with Crippen molar-refractivity contribution in [1.29, 1.82) is 0 Å². The van der Waals surface area contributed by atoms with Crippen LogP contribution in [0.1, 0.15) is 15.2 Å². The molecule has 9 heteroatoms. The molecule has 1 saturated heterocycles. The van der Waals surface area contributed by atoms with Crippen LogP contribution in [0.5, 0.6) is 5.75 Å². The zero-order valence-electron chi connectivity index (χ0n) is 14.2. The largest absolute Gasteiger partial charge is 0.497 e. The van der Waals surface area contributed by atoms with Crippen LogP contribution in [0, 0.1) is 0 Å². The van der Waals surface area contributed by atoms with Gasteiger partial charge in [0.25, 0.3) is 0 Å². The average molecular weight is 414 g/mol. The molecule has 0 aliphatic carbocycles. The van der Waals surface area contributed by atoms with E-state index in [1.54, 1.807) is 42.5 Å². The third kappa shape index (κ3) is 4.22. The van der Waals surface area contributed by atoms with E-state index in [2.05, 4.69) is 0 Å². The van der Waals surface area contributed by atoms with E-state index in [0.29, 0.717) is 18.8 Å². The molecule has 0 bridgehead atoms. The van der Waals surface area contributed by atoms with Crippen molar-refractivity contribution in [1.82, 2.24) is 4.31 Å². The lowest BCUT2D eigenvalue weighted by Gasteiger charge is -2.25. The average Bonchev–Trinajstić information content (AvgIpc) is 3.18. The van der Waals surface area contributed by atoms with Gasteiger partial charge in [-0.05, 0) is 29.1 Å². The van der Waals surface area contributed by atoms with Crippen LogP contribution in [0.4, 0.5) is 0 Å². The van der Waals surface area contributed by atoms with Gasteiger partial charge in [-0.15, -0.1) is 11.3 Å². The molecule has 0 atom stereocenters. The van der Waals surface area contributed by atoms with Gasteiger partial charge < -0.3 is 9.47 Å². The molecule has 0 saturated carbocycles. The highest BCUT2D eigenvalue weighted by Crippen LogP contribution is 2.28. The van der Waals surface area contributed by atoms with Crippen molar-refractivity contribution in [3.8, 4) is 5.75 Å². The number of ether oxygens (including phenoxy) is 2. The minimum Gasteiger partial charge on any atom is -0.497 e. The van der Waals surface area contributed by atoms with Gasteiger partial charge in [0.1, 0.15) is 22.1 Å². The maximum absolute atomic E-state index is 12.8. The molecule has 26 heavy (non-hydrogen) atoms. The number of esters is 1. The summed E-state index contributed by atoms with van der Waals surface area (Å²) in [4.78, 5) is 12.6. The van der Waals surface area contributed by atoms with Crippen LogP contribution in [-0.4, -0.2) is 50.4 Å². The molecule has 0 unspecified atom stereocenters. The Bertz CT molecular complexity index is 872. The molecular formula is C17H19NO5S3. The highest BCUT2D eigenvalue weighted by Gasteiger charge is 2.31. The maximum Gasteiger partial charge on any atom is 0.350 e. The number of thioether (sulfide) groups is 1. The van der Waals surface area contributed by atoms with Crippen LogP contribution in [0.3, 0.4) is 0 Å². The summed E-state index contributed by atoms with van der Waals surface area (Å²) in [5.41, 5.74) is 0.770. The summed E-state index contributed by atoms with van der Waals surface area (Å²) in [6.45, 7) is 0.968. The number of hydrogen-bond acceptors (Lipinski definition) is 7. The molecule has 0 radical (unpaired) electrons. The fraction of sp³-hybridized carbons (Fsp3) is 0.353. The molecule has 1 fully saturated rings. The molecule has 1 aromatic heterocycles. The van der Waals surface area contributed by atoms with E-state index < -0.39 is 16.0 Å². The number of thiophene rings is 1. The van der Waals surface area contributed by atoms with Gasteiger partial charge in [-0.1, -0.05) is 12.1 Å². The quantitative estimate of drug-likeness (QED) is 0.678. The summed E-state index contributed by atoms with van der Waals surface area (Å²) in [6, 6.07) is 8.66. The maximum atomic E-state index is 12.8. The third-order valence-corrected chi connectivity index (χ3v) is 7.81. The summed E-state index contributed by atoms with van der Waals surface area (Å²) in [5, 5.41) is 1.60. The Balaban J connectivity index is 1.73. The second-order valence-electron chi connectivity index (χ2n) is 5.56. The molecule has 2 heterocycles. The van der Waals surface area contributed by atoms with Crippen molar-refractivity contribution < 1.29 is 22.7 Å². The summed E-state index contributed by atoms with van der Waals surface area (Å²) in [5.74, 6) is 1.56. The monoisotopic (exact) mass is 413 g/mol. The zero-order chi connectivity index (χ0) is 18.6. The van der Waals surface area contributed by atoms with Crippen LogP contribution in [-0.2, 0) is 21.4 Å². The molecule has 0 amide bonds. The number of rotatable bonds is 6. The minimum atomic E-state index is -3.68. The first-order valence-electron chi connectivity index (χ1n) is 7.98. The van der Waals surface area contributed by atoms with Crippen molar-refractivity contribution >= 4 is 39.1 Å².